The number of esters is 1. The van der Waals surface area contributed by atoms with E-state index in [0.29, 0.717) is 16.7 Å². The summed E-state index contributed by atoms with van der Waals surface area (Å²) in [6.07, 6.45) is 1.50. The van der Waals surface area contributed by atoms with Gasteiger partial charge in [-0.2, -0.15) is 0 Å². The molecule has 3 rings (SSSR count). The zero-order valence-corrected chi connectivity index (χ0v) is 13.7. The number of benzene rings is 1. The summed E-state index contributed by atoms with van der Waals surface area (Å²) in [6.45, 7) is 2.88. The van der Waals surface area contributed by atoms with Crippen molar-refractivity contribution in [2.45, 2.75) is 19.9 Å². The predicted octanol–water partition coefficient (Wildman–Crippen LogP) is 3.51. The van der Waals surface area contributed by atoms with Crippen molar-refractivity contribution in [3.63, 3.8) is 0 Å². The topological polar surface area (TPSA) is 81.7 Å². The fourth-order valence-electron chi connectivity index (χ4n) is 2.49. The molecule has 1 N–H and O–H groups in total. The average Bonchev–Trinajstić information content (AvgIpc) is 3.22. The molecule has 3 aromatic rings. The molecule has 0 aliphatic rings. The number of aryl methyl sites for hydroxylation is 1. The normalized spacial score (nSPS) is 12.1. The van der Waals surface area contributed by atoms with Crippen molar-refractivity contribution < 1.29 is 27.6 Å². The molecule has 0 saturated heterocycles. The molecule has 25 heavy (non-hydrogen) atoms. The van der Waals surface area contributed by atoms with Crippen LogP contribution in [0.4, 0.5) is 4.39 Å². The van der Waals surface area contributed by atoms with Crippen molar-refractivity contribution in [2.75, 3.05) is 6.61 Å². The van der Waals surface area contributed by atoms with Crippen LogP contribution in [0.25, 0.3) is 11.0 Å². The molecule has 0 spiro atoms. The second-order valence-electron chi connectivity index (χ2n) is 5.55. The lowest BCUT2D eigenvalue weighted by atomic mass is 10.1. The summed E-state index contributed by atoms with van der Waals surface area (Å²) in [4.78, 5) is 24.0. The highest BCUT2D eigenvalue weighted by molar-refractivity contribution is 5.96. The molecule has 130 valence electrons. The van der Waals surface area contributed by atoms with Crippen molar-refractivity contribution in [3.05, 3.63) is 59.5 Å². The van der Waals surface area contributed by atoms with Crippen LogP contribution in [0.1, 0.15) is 34.8 Å². The van der Waals surface area contributed by atoms with Gasteiger partial charge < -0.3 is 18.9 Å². The summed E-state index contributed by atoms with van der Waals surface area (Å²) in [6, 6.07) is 7.49. The summed E-state index contributed by atoms with van der Waals surface area (Å²) in [7, 11) is 0. The van der Waals surface area contributed by atoms with Crippen molar-refractivity contribution >= 4 is 22.8 Å². The van der Waals surface area contributed by atoms with Crippen LogP contribution in [-0.4, -0.2) is 18.5 Å². The third-order valence-electron chi connectivity index (χ3n) is 3.78. The third-order valence-corrected chi connectivity index (χ3v) is 3.78. The number of amides is 1. The fraction of sp³-hybridized carbons (Fsp3) is 0.222. The van der Waals surface area contributed by atoms with E-state index < -0.39 is 24.3 Å². The Kier molecular flexibility index (Phi) is 4.56. The van der Waals surface area contributed by atoms with Crippen LogP contribution in [0.15, 0.2) is 45.4 Å². The number of carbonyl (C=O) groups is 2. The van der Waals surface area contributed by atoms with E-state index in [-0.39, 0.29) is 17.4 Å². The van der Waals surface area contributed by atoms with Gasteiger partial charge >= 0.3 is 5.97 Å². The lowest BCUT2D eigenvalue weighted by Gasteiger charge is -2.11. The Hall–Kier alpha value is -3.09. The monoisotopic (exact) mass is 345 g/mol. The Labute approximate surface area is 142 Å². The van der Waals surface area contributed by atoms with Crippen LogP contribution in [0.3, 0.4) is 0 Å². The Morgan fingerprint density at radius 1 is 1.28 bits per heavy atom. The summed E-state index contributed by atoms with van der Waals surface area (Å²) in [5, 5.41) is 3.13. The molecule has 7 heteroatoms. The molecule has 0 bridgehead atoms. The molecule has 0 radical (unpaired) electrons. The molecular formula is C18H16FNO5. The smallest absolute Gasteiger partial charge is 0.375 e. The van der Waals surface area contributed by atoms with Gasteiger partial charge in [0, 0.05) is 10.9 Å². The second-order valence-corrected chi connectivity index (χ2v) is 5.55. The van der Waals surface area contributed by atoms with Gasteiger partial charge in [0.2, 0.25) is 5.76 Å². The van der Waals surface area contributed by atoms with Crippen LogP contribution in [0.2, 0.25) is 0 Å². The Bertz CT molecular complexity index is 913. The SMILES string of the molecule is Cc1c(C(=O)OCC(=O)N[C@@H](C)c2ccco2)oc2c(F)cccc12. The van der Waals surface area contributed by atoms with Gasteiger partial charge in [0.25, 0.3) is 5.91 Å². The molecule has 0 fully saturated rings. The molecule has 1 amide bonds. The molecule has 2 aromatic heterocycles. The van der Waals surface area contributed by atoms with Gasteiger partial charge in [-0.05, 0) is 32.0 Å². The first-order valence-electron chi connectivity index (χ1n) is 7.65. The first-order valence-corrected chi connectivity index (χ1v) is 7.65. The van der Waals surface area contributed by atoms with E-state index >= 15 is 0 Å². The lowest BCUT2D eigenvalue weighted by molar-refractivity contribution is -0.125. The number of rotatable bonds is 5. The lowest BCUT2D eigenvalue weighted by Crippen LogP contribution is -2.31. The zero-order valence-electron chi connectivity index (χ0n) is 13.7. The summed E-state index contributed by atoms with van der Waals surface area (Å²) in [5.74, 6) is -1.41. The first-order chi connectivity index (χ1) is 12.0. The predicted molar refractivity (Wildman–Crippen MR) is 86.5 cm³/mol. The van der Waals surface area contributed by atoms with Gasteiger partial charge in [0.15, 0.2) is 18.0 Å². The van der Waals surface area contributed by atoms with E-state index in [1.54, 1.807) is 32.0 Å². The average molecular weight is 345 g/mol. The van der Waals surface area contributed by atoms with Crippen LogP contribution in [0, 0.1) is 12.7 Å². The van der Waals surface area contributed by atoms with Crippen molar-refractivity contribution in [3.8, 4) is 0 Å². The fourth-order valence-corrected chi connectivity index (χ4v) is 2.49. The molecule has 0 unspecified atom stereocenters. The van der Waals surface area contributed by atoms with Gasteiger partial charge in [0.1, 0.15) is 5.76 Å². The number of nitrogens with one attached hydrogen (secondary N) is 1. The number of ether oxygens (including phenoxy) is 1. The Morgan fingerprint density at radius 2 is 2.08 bits per heavy atom. The van der Waals surface area contributed by atoms with E-state index in [2.05, 4.69) is 5.32 Å². The Balaban J connectivity index is 1.64. The minimum Gasteiger partial charge on any atom is -0.467 e. The van der Waals surface area contributed by atoms with Gasteiger partial charge in [-0.15, -0.1) is 0 Å². The number of furan rings is 2. The number of halogens is 1. The highest BCUT2D eigenvalue weighted by Crippen LogP contribution is 2.27. The highest BCUT2D eigenvalue weighted by atomic mass is 19.1. The molecule has 0 aliphatic heterocycles. The van der Waals surface area contributed by atoms with Gasteiger partial charge in [-0.1, -0.05) is 12.1 Å². The van der Waals surface area contributed by atoms with E-state index in [4.69, 9.17) is 13.6 Å². The maximum Gasteiger partial charge on any atom is 0.375 e. The van der Waals surface area contributed by atoms with E-state index in [0.717, 1.165) is 0 Å². The quantitative estimate of drug-likeness (QED) is 0.716. The van der Waals surface area contributed by atoms with E-state index in [1.165, 1.54) is 18.4 Å². The first kappa shape index (κ1) is 16.8. The highest BCUT2D eigenvalue weighted by Gasteiger charge is 2.22. The molecule has 1 aromatic carbocycles. The molecule has 0 saturated carbocycles. The number of para-hydroxylation sites is 1. The maximum atomic E-state index is 13.7. The van der Waals surface area contributed by atoms with Crippen LogP contribution in [-0.2, 0) is 9.53 Å². The van der Waals surface area contributed by atoms with Crippen LogP contribution in [0.5, 0.6) is 0 Å². The molecule has 0 aliphatic carbocycles. The number of hydrogen-bond donors (Lipinski definition) is 1. The van der Waals surface area contributed by atoms with Crippen molar-refractivity contribution in [1.82, 2.24) is 5.32 Å². The number of hydrogen-bond acceptors (Lipinski definition) is 5. The van der Waals surface area contributed by atoms with E-state index in [1.807, 2.05) is 0 Å². The van der Waals surface area contributed by atoms with Crippen LogP contribution >= 0.6 is 0 Å². The summed E-state index contributed by atoms with van der Waals surface area (Å²) in [5.41, 5.74) is 0.451. The summed E-state index contributed by atoms with van der Waals surface area (Å²) >= 11 is 0. The third kappa shape index (κ3) is 3.40. The molecule has 2 heterocycles. The van der Waals surface area contributed by atoms with Crippen molar-refractivity contribution in [2.24, 2.45) is 0 Å². The van der Waals surface area contributed by atoms with Gasteiger partial charge in [-0.25, -0.2) is 9.18 Å². The van der Waals surface area contributed by atoms with E-state index in [9.17, 15) is 14.0 Å². The largest absolute Gasteiger partial charge is 0.467 e. The van der Waals surface area contributed by atoms with Crippen LogP contribution < -0.4 is 5.32 Å². The van der Waals surface area contributed by atoms with Gasteiger partial charge in [-0.3, -0.25) is 4.79 Å². The van der Waals surface area contributed by atoms with Gasteiger partial charge in [0.05, 0.1) is 12.3 Å². The number of carbonyl (C=O) groups excluding carboxylic acids is 2. The molecule has 6 nitrogen and oxygen atoms in total. The number of fused-ring (bicyclic) bond motifs is 1. The second kappa shape index (κ2) is 6.80. The standard InChI is InChI=1S/C18H16FNO5/c1-10-12-5-3-6-13(19)17(12)25-16(10)18(22)24-9-15(21)20-11(2)14-7-4-8-23-14/h3-8,11H,9H2,1-2H3,(H,20,21)/t11-/m0/s1. The molecule has 1 atom stereocenters. The Morgan fingerprint density at radius 3 is 2.76 bits per heavy atom. The minimum atomic E-state index is -0.825. The minimum absolute atomic E-state index is 0.0113. The maximum absolute atomic E-state index is 13.7. The van der Waals surface area contributed by atoms with Crippen molar-refractivity contribution in [1.29, 1.82) is 0 Å². The molecular weight excluding hydrogens is 329 g/mol. The zero-order chi connectivity index (χ0) is 18.0. The summed E-state index contributed by atoms with van der Waals surface area (Å²) < 4.78 is 29.1.